The normalized spacial score (nSPS) is 21.5. The summed E-state index contributed by atoms with van der Waals surface area (Å²) in [5.41, 5.74) is 4.74. The van der Waals surface area contributed by atoms with E-state index in [1.165, 1.54) is 22.3 Å². The van der Waals surface area contributed by atoms with Gasteiger partial charge in [0.2, 0.25) is 5.91 Å². The van der Waals surface area contributed by atoms with Crippen molar-refractivity contribution in [3.63, 3.8) is 0 Å². The fourth-order valence-electron chi connectivity index (χ4n) is 6.00. The van der Waals surface area contributed by atoms with Crippen molar-refractivity contribution in [2.24, 2.45) is 17.8 Å². The smallest absolute Gasteiger partial charge is 0.407 e. The van der Waals surface area contributed by atoms with Crippen molar-refractivity contribution in [3.8, 4) is 11.1 Å². The molecular formula is C28H32N2O5. The zero-order valence-corrected chi connectivity index (χ0v) is 19.8. The first-order valence-corrected chi connectivity index (χ1v) is 12.6. The first kappa shape index (κ1) is 23.4. The van der Waals surface area contributed by atoms with E-state index in [2.05, 4.69) is 29.6 Å². The molecule has 1 heterocycles. The first-order chi connectivity index (χ1) is 17.0. The highest BCUT2D eigenvalue weighted by molar-refractivity contribution is 5.81. The molecular weight excluding hydrogens is 444 g/mol. The molecule has 3 aliphatic rings. The minimum absolute atomic E-state index is 0.0160. The highest BCUT2D eigenvalue weighted by Crippen LogP contribution is 2.44. The van der Waals surface area contributed by atoms with Crippen molar-refractivity contribution in [2.45, 2.75) is 38.0 Å². The molecule has 0 spiro atoms. The molecule has 7 heteroatoms. The van der Waals surface area contributed by atoms with Crippen LogP contribution in [-0.2, 0) is 14.3 Å². The van der Waals surface area contributed by atoms with Gasteiger partial charge in [0, 0.05) is 37.4 Å². The van der Waals surface area contributed by atoms with E-state index in [-0.39, 0.29) is 42.6 Å². The summed E-state index contributed by atoms with van der Waals surface area (Å²) in [5, 5.41) is 11.9. The maximum absolute atomic E-state index is 13.0. The van der Waals surface area contributed by atoms with Gasteiger partial charge < -0.3 is 20.1 Å². The maximum Gasteiger partial charge on any atom is 0.407 e. The Morgan fingerprint density at radius 2 is 1.57 bits per heavy atom. The fraction of sp³-hybridized carbons (Fsp3) is 0.464. The van der Waals surface area contributed by atoms with Crippen molar-refractivity contribution in [2.75, 3.05) is 26.2 Å². The van der Waals surface area contributed by atoms with E-state index in [0.717, 1.165) is 25.7 Å². The van der Waals surface area contributed by atoms with Crippen LogP contribution in [0.25, 0.3) is 11.1 Å². The lowest BCUT2D eigenvalue weighted by atomic mass is 9.77. The summed E-state index contributed by atoms with van der Waals surface area (Å²) in [6.07, 6.45) is 3.42. The van der Waals surface area contributed by atoms with Gasteiger partial charge in [-0.15, -0.1) is 0 Å². The maximum atomic E-state index is 13.0. The molecule has 0 unspecified atom stereocenters. The summed E-state index contributed by atoms with van der Waals surface area (Å²) in [5.74, 6) is -0.686. The number of carbonyl (C=O) groups excluding carboxylic acids is 2. The van der Waals surface area contributed by atoms with Crippen LogP contribution in [0, 0.1) is 17.8 Å². The SMILES string of the molecule is O=C(O)CC1CN(C(=O)[C@@H]2CCCC[C@@H]2CNC(=O)OCC2c3ccccc3-c3ccccc32)C1. The van der Waals surface area contributed by atoms with E-state index in [0.29, 0.717) is 19.6 Å². The van der Waals surface area contributed by atoms with Gasteiger partial charge in [-0.05, 0) is 41.0 Å². The number of carbonyl (C=O) groups is 3. The molecule has 1 aliphatic heterocycles. The number of alkyl carbamates (subject to hydrolysis) is 1. The van der Waals surface area contributed by atoms with Crippen LogP contribution in [0.15, 0.2) is 48.5 Å². The van der Waals surface area contributed by atoms with Crippen LogP contribution in [-0.4, -0.2) is 54.2 Å². The second-order valence-corrected chi connectivity index (χ2v) is 10.1. The minimum atomic E-state index is -0.815. The number of hydrogen-bond acceptors (Lipinski definition) is 4. The molecule has 0 radical (unpaired) electrons. The van der Waals surface area contributed by atoms with E-state index >= 15 is 0 Å². The number of likely N-dealkylation sites (tertiary alicyclic amines) is 1. The topological polar surface area (TPSA) is 95.9 Å². The number of carboxylic acids is 1. The molecule has 2 aromatic carbocycles. The van der Waals surface area contributed by atoms with Crippen molar-refractivity contribution in [3.05, 3.63) is 59.7 Å². The molecule has 1 saturated carbocycles. The van der Waals surface area contributed by atoms with Gasteiger partial charge in [0.15, 0.2) is 0 Å². The number of aliphatic carboxylic acids is 1. The molecule has 2 fully saturated rings. The van der Waals surface area contributed by atoms with E-state index in [9.17, 15) is 14.4 Å². The Hall–Kier alpha value is -3.35. The number of rotatable bonds is 7. The Balaban J connectivity index is 1.14. The van der Waals surface area contributed by atoms with Crippen LogP contribution in [0.4, 0.5) is 4.79 Å². The van der Waals surface area contributed by atoms with Gasteiger partial charge in [0.1, 0.15) is 6.61 Å². The molecule has 0 aromatic heterocycles. The van der Waals surface area contributed by atoms with E-state index in [1.54, 1.807) is 4.90 Å². The van der Waals surface area contributed by atoms with Gasteiger partial charge in [0.05, 0.1) is 6.42 Å². The lowest BCUT2D eigenvalue weighted by Crippen LogP contribution is -2.54. The summed E-state index contributed by atoms with van der Waals surface area (Å²) >= 11 is 0. The summed E-state index contributed by atoms with van der Waals surface area (Å²) in [4.78, 5) is 38.3. The molecule has 2 aliphatic carbocycles. The van der Waals surface area contributed by atoms with Gasteiger partial charge in [-0.3, -0.25) is 9.59 Å². The van der Waals surface area contributed by atoms with Gasteiger partial charge in [-0.2, -0.15) is 0 Å². The fourth-order valence-corrected chi connectivity index (χ4v) is 6.00. The Kier molecular flexibility index (Phi) is 6.75. The quantitative estimate of drug-likeness (QED) is 0.622. The zero-order chi connectivity index (χ0) is 24.4. The van der Waals surface area contributed by atoms with Crippen molar-refractivity contribution in [1.82, 2.24) is 10.2 Å². The van der Waals surface area contributed by atoms with Gasteiger partial charge >= 0.3 is 12.1 Å². The molecule has 2 amide bonds. The second-order valence-electron chi connectivity index (χ2n) is 10.1. The predicted octanol–water partition coefficient (Wildman–Crippen LogP) is 4.26. The number of hydrogen-bond donors (Lipinski definition) is 2. The van der Waals surface area contributed by atoms with Gasteiger partial charge in [-0.1, -0.05) is 61.4 Å². The highest BCUT2D eigenvalue weighted by Gasteiger charge is 2.39. The van der Waals surface area contributed by atoms with E-state index < -0.39 is 12.1 Å². The Morgan fingerprint density at radius 1 is 0.943 bits per heavy atom. The number of nitrogens with zero attached hydrogens (tertiary/aromatic N) is 1. The third kappa shape index (κ3) is 4.90. The molecule has 184 valence electrons. The summed E-state index contributed by atoms with van der Waals surface area (Å²) < 4.78 is 5.66. The van der Waals surface area contributed by atoms with Gasteiger partial charge in [0.25, 0.3) is 0 Å². The summed E-state index contributed by atoms with van der Waals surface area (Å²) in [6.45, 7) is 1.73. The highest BCUT2D eigenvalue weighted by atomic mass is 16.5. The number of benzene rings is 2. The Morgan fingerprint density at radius 3 is 2.23 bits per heavy atom. The predicted molar refractivity (Wildman–Crippen MR) is 131 cm³/mol. The second kappa shape index (κ2) is 10.1. The van der Waals surface area contributed by atoms with E-state index in [1.807, 2.05) is 24.3 Å². The monoisotopic (exact) mass is 476 g/mol. The molecule has 2 atom stereocenters. The van der Waals surface area contributed by atoms with E-state index in [4.69, 9.17) is 9.84 Å². The number of nitrogens with one attached hydrogen (secondary N) is 1. The lowest BCUT2D eigenvalue weighted by Gasteiger charge is -2.43. The van der Waals surface area contributed by atoms with Crippen molar-refractivity contribution < 1.29 is 24.2 Å². The number of carboxylic acid groups (broad SMARTS) is 1. The van der Waals surface area contributed by atoms with Crippen LogP contribution in [0.3, 0.4) is 0 Å². The first-order valence-electron chi connectivity index (χ1n) is 12.6. The Bertz CT molecular complexity index is 1060. The third-order valence-corrected chi connectivity index (χ3v) is 7.81. The molecule has 7 nitrogen and oxygen atoms in total. The van der Waals surface area contributed by atoms with Crippen LogP contribution < -0.4 is 5.32 Å². The number of fused-ring (bicyclic) bond motifs is 3. The molecule has 0 bridgehead atoms. The zero-order valence-electron chi connectivity index (χ0n) is 19.8. The molecule has 35 heavy (non-hydrogen) atoms. The van der Waals surface area contributed by atoms with Crippen LogP contribution in [0.5, 0.6) is 0 Å². The minimum Gasteiger partial charge on any atom is -0.481 e. The molecule has 2 N–H and O–H groups in total. The standard InChI is InChI=1S/C28H32N2O5/c31-26(32)13-18-15-30(16-18)27(33)20-8-2-1-7-19(20)14-29-28(34)35-17-25-23-11-5-3-9-21(23)22-10-4-6-12-24(22)25/h3-6,9-12,18-20,25H,1-2,7-8,13-17H2,(H,29,34)(H,31,32)/t19-,20-/m1/s1. The van der Waals surface area contributed by atoms with Crippen LogP contribution >= 0.6 is 0 Å². The number of ether oxygens (including phenoxy) is 1. The van der Waals surface area contributed by atoms with Crippen LogP contribution in [0.1, 0.15) is 49.1 Å². The third-order valence-electron chi connectivity index (χ3n) is 7.81. The average Bonchev–Trinajstić information content (AvgIpc) is 3.17. The molecule has 2 aromatic rings. The van der Waals surface area contributed by atoms with Crippen LogP contribution in [0.2, 0.25) is 0 Å². The summed E-state index contributed by atoms with van der Waals surface area (Å²) in [6, 6.07) is 16.5. The lowest BCUT2D eigenvalue weighted by molar-refractivity contribution is -0.149. The molecule has 5 rings (SSSR count). The van der Waals surface area contributed by atoms with Crippen molar-refractivity contribution >= 4 is 18.0 Å². The average molecular weight is 477 g/mol. The largest absolute Gasteiger partial charge is 0.481 e. The number of amides is 2. The Labute approximate surface area is 205 Å². The van der Waals surface area contributed by atoms with Crippen molar-refractivity contribution in [1.29, 1.82) is 0 Å². The summed E-state index contributed by atoms with van der Waals surface area (Å²) in [7, 11) is 0. The van der Waals surface area contributed by atoms with Gasteiger partial charge in [-0.25, -0.2) is 4.79 Å². The molecule has 1 saturated heterocycles.